The lowest BCUT2D eigenvalue weighted by Gasteiger charge is -2.14. The Labute approximate surface area is 117 Å². The smallest absolute Gasteiger partial charge is 0.125 e. The second-order valence-corrected chi connectivity index (χ2v) is 5.00. The number of aromatic amines is 1. The second-order valence-electron chi connectivity index (χ2n) is 5.00. The molecule has 0 saturated heterocycles. The molecule has 102 valence electrons. The molecule has 0 spiro atoms. The van der Waals surface area contributed by atoms with Gasteiger partial charge in [-0.2, -0.15) is 0 Å². The third-order valence-electron chi connectivity index (χ3n) is 3.21. The first kappa shape index (κ1) is 12.8. The number of hydrogen-bond donors (Lipinski definition) is 1. The first-order valence-electron chi connectivity index (χ1n) is 6.57. The molecule has 20 heavy (non-hydrogen) atoms. The topological polar surface area (TPSA) is 31.9 Å². The van der Waals surface area contributed by atoms with Crippen LogP contribution in [-0.4, -0.2) is 21.9 Å². The van der Waals surface area contributed by atoms with E-state index in [4.69, 9.17) is 0 Å². The SMILES string of the molecule is CN(Cc1ccccc1)Cc1nc2ccc(F)cc2[nH]1. The van der Waals surface area contributed by atoms with Crippen molar-refractivity contribution in [2.24, 2.45) is 0 Å². The molecule has 0 amide bonds. The fourth-order valence-corrected chi connectivity index (χ4v) is 2.32. The minimum atomic E-state index is -0.245. The van der Waals surface area contributed by atoms with Crippen molar-refractivity contribution in [1.29, 1.82) is 0 Å². The van der Waals surface area contributed by atoms with Crippen LogP contribution in [0.3, 0.4) is 0 Å². The number of rotatable bonds is 4. The number of H-pyrrole nitrogens is 1. The molecule has 3 aromatic rings. The van der Waals surface area contributed by atoms with Gasteiger partial charge in [0.2, 0.25) is 0 Å². The highest BCUT2D eigenvalue weighted by atomic mass is 19.1. The van der Waals surface area contributed by atoms with Crippen LogP contribution in [0.5, 0.6) is 0 Å². The predicted octanol–water partition coefficient (Wildman–Crippen LogP) is 3.33. The average Bonchev–Trinajstić information content (AvgIpc) is 2.80. The van der Waals surface area contributed by atoms with E-state index in [9.17, 15) is 4.39 Å². The molecule has 3 nitrogen and oxygen atoms in total. The lowest BCUT2D eigenvalue weighted by molar-refractivity contribution is 0.312. The molecule has 0 aliphatic heterocycles. The largest absolute Gasteiger partial charge is 0.341 e. The van der Waals surface area contributed by atoms with Crippen molar-refractivity contribution in [3.8, 4) is 0 Å². The maximum absolute atomic E-state index is 13.1. The number of halogens is 1. The minimum absolute atomic E-state index is 0.245. The number of nitrogens with one attached hydrogen (secondary N) is 1. The molecule has 1 N–H and O–H groups in total. The maximum Gasteiger partial charge on any atom is 0.125 e. The summed E-state index contributed by atoms with van der Waals surface area (Å²) in [6.45, 7) is 1.55. The van der Waals surface area contributed by atoms with E-state index in [-0.39, 0.29) is 5.82 Å². The maximum atomic E-state index is 13.1. The van der Waals surface area contributed by atoms with E-state index < -0.39 is 0 Å². The lowest BCUT2D eigenvalue weighted by atomic mass is 10.2. The van der Waals surface area contributed by atoms with Gasteiger partial charge in [-0.3, -0.25) is 4.90 Å². The van der Waals surface area contributed by atoms with Crippen molar-refractivity contribution in [2.75, 3.05) is 7.05 Å². The average molecular weight is 269 g/mol. The molecule has 2 aromatic carbocycles. The van der Waals surface area contributed by atoms with Gasteiger partial charge in [0.25, 0.3) is 0 Å². The monoisotopic (exact) mass is 269 g/mol. The summed E-state index contributed by atoms with van der Waals surface area (Å²) in [5.41, 5.74) is 2.81. The Kier molecular flexibility index (Phi) is 3.48. The summed E-state index contributed by atoms with van der Waals surface area (Å²) in [4.78, 5) is 9.80. The minimum Gasteiger partial charge on any atom is -0.341 e. The molecule has 0 atom stereocenters. The molecule has 4 heteroatoms. The van der Waals surface area contributed by atoms with Crippen LogP contribution in [-0.2, 0) is 13.1 Å². The summed E-state index contributed by atoms with van der Waals surface area (Å²) in [7, 11) is 2.04. The Morgan fingerprint density at radius 3 is 2.70 bits per heavy atom. The van der Waals surface area contributed by atoms with E-state index in [0.717, 1.165) is 23.4 Å². The number of hydrogen-bond acceptors (Lipinski definition) is 2. The molecule has 0 aliphatic carbocycles. The number of benzene rings is 2. The zero-order valence-electron chi connectivity index (χ0n) is 11.3. The van der Waals surface area contributed by atoms with E-state index in [0.29, 0.717) is 6.54 Å². The van der Waals surface area contributed by atoms with Crippen LogP contribution in [0.1, 0.15) is 11.4 Å². The van der Waals surface area contributed by atoms with Crippen LogP contribution in [0.25, 0.3) is 11.0 Å². The molecule has 1 aromatic heterocycles. The summed E-state index contributed by atoms with van der Waals surface area (Å²) in [6, 6.07) is 14.9. The van der Waals surface area contributed by atoms with Crippen molar-refractivity contribution in [2.45, 2.75) is 13.1 Å². The highest BCUT2D eigenvalue weighted by Gasteiger charge is 2.07. The summed E-state index contributed by atoms with van der Waals surface area (Å²) < 4.78 is 13.1. The summed E-state index contributed by atoms with van der Waals surface area (Å²) in [5.74, 6) is 0.606. The van der Waals surface area contributed by atoms with Gasteiger partial charge in [-0.05, 0) is 30.8 Å². The zero-order chi connectivity index (χ0) is 13.9. The van der Waals surface area contributed by atoms with E-state index in [2.05, 4.69) is 27.0 Å². The third kappa shape index (κ3) is 2.86. The molecule has 3 rings (SSSR count). The number of imidazole rings is 1. The normalized spacial score (nSPS) is 11.3. The number of aromatic nitrogens is 2. The predicted molar refractivity (Wildman–Crippen MR) is 77.7 cm³/mol. The molecule has 0 bridgehead atoms. The Morgan fingerprint density at radius 2 is 1.90 bits per heavy atom. The quantitative estimate of drug-likeness (QED) is 0.787. The van der Waals surface area contributed by atoms with Gasteiger partial charge >= 0.3 is 0 Å². The molecular formula is C16H16FN3. The molecule has 0 unspecified atom stereocenters. The fourth-order valence-electron chi connectivity index (χ4n) is 2.32. The van der Waals surface area contributed by atoms with Crippen molar-refractivity contribution in [1.82, 2.24) is 14.9 Å². The van der Waals surface area contributed by atoms with Crippen molar-refractivity contribution >= 4 is 11.0 Å². The summed E-state index contributed by atoms with van der Waals surface area (Å²) in [6.07, 6.45) is 0. The number of fused-ring (bicyclic) bond motifs is 1. The van der Waals surface area contributed by atoms with Crippen molar-refractivity contribution < 1.29 is 4.39 Å². The van der Waals surface area contributed by atoms with Crippen molar-refractivity contribution in [3.63, 3.8) is 0 Å². The van der Waals surface area contributed by atoms with E-state index in [1.54, 1.807) is 6.07 Å². The zero-order valence-corrected chi connectivity index (χ0v) is 11.3. The third-order valence-corrected chi connectivity index (χ3v) is 3.21. The van der Waals surface area contributed by atoms with Crippen LogP contribution in [0.4, 0.5) is 4.39 Å². The number of nitrogens with zero attached hydrogens (tertiary/aromatic N) is 2. The van der Waals surface area contributed by atoms with Gasteiger partial charge in [0.05, 0.1) is 17.6 Å². The highest BCUT2D eigenvalue weighted by molar-refractivity contribution is 5.74. The van der Waals surface area contributed by atoms with E-state index in [1.165, 1.54) is 17.7 Å². The van der Waals surface area contributed by atoms with Crippen molar-refractivity contribution in [3.05, 3.63) is 65.7 Å². The lowest BCUT2D eigenvalue weighted by Crippen LogP contribution is -2.17. The highest BCUT2D eigenvalue weighted by Crippen LogP contribution is 2.14. The van der Waals surface area contributed by atoms with Crippen LogP contribution in [0, 0.1) is 5.82 Å². The van der Waals surface area contributed by atoms with E-state index in [1.807, 2.05) is 25.2 Å². The van der Waals surface area contributed by atoms with Gasteiger partial charge in [-0.15, -0.1) is 0 Å². The molecule has 0 saturated carbocycles. The Hall–Kier alpha value is -2.20. The van der Waals surface area contributed by atoms with Gasteiger partial charge in [0, 0.05) is 6.54 Å². The Balaban J connectivity index is 1.72. The second kappa shape index (κ2) is 5.43. The molecule has 0 radical (unpaired) electrons. The molecule has 1 heterocycles. The van der Waals surface area contributed by atoms with E-state index >= 15 is 0 Å². The molecular weight excluding hydrogens is 253 g/mol. The van der Waals surface area contributed by atoms with Gasteiger partial charge in [0.1, 0.15) is 11.6 Å². The van der Waals surface area contributed by atoms with Gasteiger partial charge < -0.3 is 4.98 Å². The van der Waals surface area contributed by atoms with Gasteiger partial charge in [-0.1, -0.05) is 30.3 Å². The van der Waals surface area contributed by atoms with Gasteiger partial charge in [0.15, 0.2) is 0 Å². The summed E-state index contributed by atoms with van der Waals surface area (Å²) in [5, 5.41) is 0. The first-order valence-corrected chi connectivity index (χ1v) is 6.57. The van der Waals surface area contributed by atoms with Crippen LogP contribution >= 0.6 is 0 Å². The molecule has 0 aliphatic rings. The Bertz CT molecular complexity index is 706. The van der Waals surface area contributed by atoms with Crippen LogP contribution in [0.2, 0.25) is 0 Å². The molecule has 0 fully saturated rings. The Morgan fingerprint density at radius 1 is 1.10 bits per heavy atom. The first-order chi connectivity index (χ1) is 9.70. The standard InChI is InChI=1S/C16H16FN3/c1-20(10-12-5-3-2-4-6-12)11-16-18-14-8-7-13(17)9-15(14)19-16/h2-9H,10-11H2,1H3,(H,18,19). The van der Waals surface area contributed by atoms with Gasteiger partial charge in [-0.25, -0.2) is 9.37 Å². The van der Waals surface area contributed by atoms with Crippen LogP contribution < -0.4 is 0 Å². The fraction of sp³-hybridized carbons (Fsp3) is 0.188. The van der Waals surface area contributed by atoms with Crippen LogP contribution in [0.15, 0.2) is 48.5 Å². The summed E-state index contributed by atoms with van der Waals surface area (Å²) >= 11 is 0.